The van der Waals surface area contributed by atoms with E-state index in [1.807, 2.05) is 30.3 Å². The van der Waals surface area contributed by atoms with Crippen LogP contribution in [0, 0.1) is 0 Å². The summed E-state index contributed by atoms with van der Waals surface area (Å²) < 4.78 is 10.9. The molecule has 0 saturated heterocycles. The molecule has 0 aromatic heterocycles. The van der Waals surface area contributed by atoms with Crippen LogP contribution >= 0.6 is 0 Å². The van der Waals surface area contributed by atoms with Gasteiger partial charge in [-0.3, -0.25) is 0 Å². The molecular weight excluding hydrogens is 252 g/mol. The van der Waals surface area contributed by atoms with E-state index in [4.69, 9.17) is 20.9 Å². The first kappa shape index (κ1) is 14.2. The molecule has 0 fully saturated rings. The van der Waals surface area contributed by atoms with Crippen molar-refractivity contribution in [1.29, 1.82) is 0 Å². The van der Waals surface area contributed by atoms with Gasteiger partial charge in [-0.05, 0) is 48.4 Å². The third kappa shape index (κ3) is 2.86. The van der Waals surface area contributed by atoms with Crippen molar-refractivity contribution in [3.8, 4) is 22.6 Å². The monoisotopic (exact) mass is 272 g/mol. The molecule has 0 aliphatic rings. The molecule has 0 amide bonds. The molecule has 2 aromatic carbocycles. The van der Waals surface area contributed by atoms with Gasteiger partial charge in [-0.25, -0.2) is 0 Å². The molecule has 106 valence electrons. The van der Waals surface area contributed by atoms with Crippen LogP contribution in [0.5, 0.6) is 11.5 Å². The van der Waals surface area contributed by atoms with Crippen LogP contribution in [0.2, 0.25) is 0 Å². The van der Waals surface area contributed by atoms with Crippen LogP contribution in [0.3, 0.4) is 0 Å². The zero-order chi connectivity index (χ0) is 14.5. The Balaban J connectivity index is 2.58. The van der Waals surface area contributed by atoms with E-state index in [1.54, 1.807) is 14.2 Å². The lowest BCUT2D eigenvalue weighted by Gasteiger charge is -2.15. The van der Waals surface area contributed by atoms with Crippen molar-refractivity contribution in [3.05, 3.63) is 42.0 Å². The fourth-order valence-electron chi connectivity index (χ4n) is 2.21. The number of hydrogen-bond acceptors (Lipinski definition) is 4. The van der Waals surface area contributed by atoms with Gasteiger partial charge in [0.2, 0.25) is 0 Å². The fourth-order valence-corrected chi connectivity index (χ4v) is 2.21. The zero-order valence-corrected chi connectivity index (χ0v) is 11.8. The van der Waals surface area contributed by atoms with E-state index in [1.165, 1.54) is 0 Å². The molecule has 0 aliphatic carbocycles. The molecule has 4 N–H and O–H groups in total. The van der Waals surface area contributed by atoms with Gasteiger partial charge in [-0.1, -0.05) is 12.1 Å². The summed E-state index contributed by atoms with van der Waals surface area (Å²) in [4.78, 5) is 0. The summed E-state index contributed by atoms with van der Waals surface area (Å²) in [5, 5.41) is 0. The minimum Gasteiger partial charge on any atom is -0.493 e. The average Bonchev–Trinajstić information content (AvgIpc) is 2.47. The lowest BCUT2D eigenvalue weighted by molar-refractivity contribution is 0.355. The number of nitrogens with two attached hydrogens (primary N) is 2. The van der Waals surface area contributed by atoms with Crippen LogP contribution in [0.25, 0.3) is 11.1 Å². The predicted octanol–water partition coefficient (Wildman–Crippen LogP) is 2.45. The number of methoxy groups -OCH3 is 2. The van der Waals surface area contributed by atoms with Gasteiger partial charge in [-0.2, -0.15) is 0 Å². The van der Waals surface area contributed by atoms with Crippen LogP contribution in [-0.4, -0.2) is 20.8 Å². The van der Waals surface area contributed by atoms with Crippen LogP contribution in [0.1, 0.15) is 5.56 Å². The van der Waals surface area contributed by atoms with Crippen LogP contribution in [0.4, 0.5) is 5.69 Å². The summed E-state index contributed by atoms with van der Waals surface area (Å²) in [6, 6.07) is 11.7. The molecular formula is C16H20N2O2. The Labute approximate surface area is 119 Å². The van der Waals surface area contributed by atoms with Crippen LogP contribution in [-0.2, 0) is 6.42 Å². The quantitative estimate of drug-likeness (QED) is 0.820. The topological polar surface area (TPSA) is 70.5 Å². The highest BCUT2D eigenvalue weighted by molar-refractivity contribution is 5.75. The summed E-state index contributed by atoms with van der Waals surface area (Å²) in [5.41, 5.74) is 15.3. The van der Waals surface area contributed by atoms with Gasteiger partial charge >= 0.3 is 0 Å². The van der Waals surface area contributed by atoms with Gasteiger partial charge in [0.05, 0.1) is 14.2 Å². The second-order valence-electron chi connectivity index (χ2n) is 4.54. The minimum absolute atomic E-state index is 0.594. The summed E-state index contributed by atoms with van der Waals surface area (Å²) in [6.45, 7) is 0.594. The van der Waals surface area contributed by atoms with Crippen molar-refractivity contribution in [2.45, 2.75) is 6.42 Å². The van der Waals surface area contributed by atoms with Crippen molar-refractivity contribution in [3.63, 3.8) is 0 Å². The normalized spacial score (nSPS) is 10.3. The van der Waals surface area contributed by atoms with E-state index in [0.717, 1.165) is 34.5 Å². The molecule has 0 radical (unpaired) electrons. The first-order chi connectivity index (χ1) is 9.69. The summed E-state index contributed by atoms with van der Waals surface area (Å²) in [6.07, 6.45) is 0.794. The maximum absolute atomic E-state index is 5.74. The van der Waals surface area contributed by atoms with E-state index in [-0.39, 0.29) is 0 Å². The highest BCUT2D eigenvalue weighted by Crippen LogP contribution is 2.39. The van der Waals surface area contributed by atoms with E-state index < -0.39 is 0 Å². The highest BCUT2D eigenvalue weighted by Gasteiger charge is 2.13. The molecule has 20 heavy (non-hydrogen) atoms. The van der Waals surface area contributed by atoms with E-state index in [2.05, 4.69) is 6.07 Å². The molecule has 2 rings (SSSR count). The second kappa shape index (κ2) is 6.30. The Morgan fingerprint density at radius 3 is 2.25 bits per heavy atom. The zero-order valence-electron chi connectivity index (χ0n) is 11.8. The molecule has 4 nitrogen and oxygen atoms in total. The van der Waals surface area contributed by atoms with Gasteiger partial charge in [0.15, 0.2) is 11.5 Å². The van der Waals surface area contributed by atoms with Crippen molar-refractivity contribution >= 4 is 5.69 Å². The van der Waals surface area contributed by atoms with E-state index in [9.17, 15) is 0 Å². The van der Waals surface area contributed by atoms with Crippen molar-refractivity contribution < 1.29 is 9.47 Å². The smallest absolute Gasteiger partial charge is 0.168 e. The maximum atomic E-state index is 5.74. The SMILES string of the molecule is COc1cc(CCN)cc(-c2ccc(N)cc2)c1OC. The van der Waals surface area contributed by atoms with Crippen LogP contribution < -0.4 is 20.9 Å². The molecule has 4 heteroatoms. The number of benzene rings is 2. The number of rotatable bonds is 5. The Morgan fingerprint density at radius 1 is 1.00 bits per heavy atom. The number of hydrogen-bond donors (Lipinski definition) is 2. The third-order valence-electron chi connectivity index (χ3n) is 3.19. The molecule has 0 saturated carbocycles. The number of nitrogen functional groups attached to an aromatic ring is 1. The average molecular weight is 272 g/mol. The number of anilines is 1. The van der Waals surface area contributed by atoms with Gasteiger partial charge in [0, 0.05) is 11.3 Å². The largest absolute Gasteiger partial charge is 0.493 e. The summed E-state index contributed by atoms with van der Waals surface area (Å²) >= 11 is 0. The fraction of sp³-hybridized carbons (Fsp3) is 0.250. The van der Waals surface area contributed by atoms with E-state index in [0.29, 0.717) is 12.3 Å². The Hall–Kier alpha value is -2.20. The molecule has 0 aliphatic heterocycles. The van der Waals surface area contributed by atoms with Crippen molar-refractivity contribution in [2.24, 2.45) is 5.73 Å². The molecule has 0 bridgehead atoms. The van der Waals surface area contributed by atoms with Crippen LogP contribution in [0.15, 0.2) is 36.4 Å². The van der Waals surface area contributed by atoms with Gasteiger partial charge < -0.3 is 20.9 Å². The van der Waals surface area contributed by atoms with Gasteiger partial charge in [-0.15, -0.1) is 0 Å². The molecule has 0 atom stereocenters. The van der Waals surface area contributed by atoms with Crippen molar-refractivity contribution in [2.75, 3.05) is 26.5 Å². The summed E-state index contributed by atoms with van der Waals surface area (Å²) in [7, 11) is 3.28. The Morgan fingerprint density at radius 2 is 1.70 bits per heavy atom. The molecule has 0 heterocycles. The predicted molar refractivity (Wildman–Crippen MR) is 82.2 cm³/mol. The lowest BCUT2D eigenvalue weighted by atomic mass is 9.99. The number of ether oxygens (including phenoxy) is 2. The third-order valence-corrected chi connectivity index (χ3v) is 3.19. The minimum atomic E-state index is 0.594. The molecule has 2 aromatic rings. The maximum Gasteiger partial charge on any atom is 0.168 e. The van der Waals surface area contributed by atoms with E-state index >= 15 is 0 Å². The first-order valence-electron chi connectivity index (χ1n) is 6.50. The van der Waals surface area contributed by atoms with Crippen molar-refractivity contribution in [1.82, 2.24) is 0 Å². The highest BCUT2D eigenvalue weighted by atomic mass is 16.5. The Bertz CT molecular complexity index is 580. The van der Waals surface area contributed by atoms with Gasteiger partial charge in [0.1, 0.15) is 0 Å². The Kier molecular flexibility index (Phi) is 4.48. The summed E-state index contributed by atoms with van der Waals surface area (Å²) in [5.74, 6) is 1.43. The lowest BCUT2D eigenvalue weighted by Crippen LogP contribution is -2.04. The molecule has 0 spiro atoms. The first-order valence-corrected chi connectivity index (χ1v) is 6.50. The molecule has 0 unspecified atom stereocenters. The second-order valence-corrected chi connectivity index (χ2v) is 4.54. The standard InChI is InChI=1S/C16H20N2O2/c1-19-15-10-11(7-8-17)9-14(16(15)20-2)12-3-5-13(18)6-4-12/h3-6,9-10H,7-8,17-18H2,1-2H3. The van der Waals surface area contributed by atoms with Gasteiger partial charge in [0.25, 0.3) is 0 Å².